The van der Waals surface area contributed by atoms with Gasteiger partial charge in [-0.15, -0.1) is 0 Å². The summed E-state index contributed by atoms with van der Waals surface area (Å²) in [6.07, 6.45) is 5.52. The molecular formula is C22H29ClFN3O4. The number of aryl methyl sites for hydroxylation is 1. The molecule has 1 heterocycles. The van der Waals surface area contributed by atoms with Crippen LogP contribution < -0.4 is 14.8 Å². The van der Waals surface area contributed by atoms with E-state index in [4.69, 9.17) is 25.8 Å². The molecule has 170 valence electrons. The van der Waals surface area contributed by atoms with Crippen LogP contribution in [-0.2, 0) is 16.6 Å². The van der Waals surface area contributed by atoms with E-state index in [1.54, 1.807) is 11.6 Å². The molecule has 2 aliphatic rings. The third kappa shape index (κ3) is 5.23. The van der Waals surface area contributed by atoms with Gasteiger partial charge in [0.05, 0.1) is 24.3 Å². The van der Waals surface area contributed by atoms with Crippen LogP contribution >= 0.6 is 11.6 Å². The van der Waals surface area contributed by atoms with Gasteiger partial charge < -0.3 is 19.5 Å². The van der Waals surface area contributed by atoms with E-state index in [1.165, 1.54) is 13.0 Å². The molecule has 31 heavy (non-hydrogen) atoms. The second-order valence-electron chi connectivity index (χ2n) is 8.59. The number of carbonyl (C=O) groups is 1. The summed E-state index contributed by atoms with van der Waals surface area (Å²) in [4.78, 5) is 15.5. The Labute approximate surface area is 186 Å². The van der Waals surface area contributed by atoms with Gasteiger partial charge in [-0.3, -0.25) is 9.36 Å². The number of nitrogens with one attached hydrogen (secondary N) is 1. The number of rotatable bonds is 8. The lowest BCUT2D eigenvalue weighted by Gasteiger charge is -2.29. The molecule has 1 aromatic carbocycles. The highest BCUT2D eigenvalue weighted by Crippen LogP contribution is 2.39. The van der Waals surface area contributed by atoms with Crippen LogP contribution in [0, 0.1) is 5.82 Å². The van der Waals surface area contributed by atoms with E-state index in [0.29, 0.717) is 28.9 Å². The van der Waals surface area contributed by atoms with Gasteiger partial charge in [0, 0.05) is 26.1 Å². The predicted octanol–water partition coefficient (Wildman–Crippen LogP) is 4.14. The number of fused-ring (bicyclic) bond motifs is 1. The summed E-state index contributed by atoms with van der Waals surface area (Å²) < 4.78 is 34.1. The maximum atomic E-state index is 14.6. The lowest BCUT2D eigenvalue weighted by atomic mass is 9.95. The Bertz CT molecular complexity index is 954. The number of halogens is 2. The molecule has 1 amide bonds. The molecule has 7 nitrogen and oxygen atoms in total. The average molecular weight is 454 g/mol. The van der Waals surface area contributed by atoms with E-state index in [2.05, 4.69) is 10.3 Å². The molecule has 0 spiro atoms. The maximum Gasteiger partial charge on any atom is 0.297 e. The van der Waals surface area contributed by atoms with Crippen LogP contribution in [0.25, 0.3) is 11.0 Å². The quantitative estimate of drug-likeness (QED) is 0.650. The Kier molecular flexibility index (Phi) is 6.57. The first-order valence-electron chi connectivity index (χ1n) is 10.9. The minimum Gasteiger partial charge on any atom is -0.489 e. The van der Waals surface area contributed by atoms with Gasteiger partial charge in [-0.1, -0.05) is 11.6 Å². The standard InChI is InChI=1S/C22H29ClFN3O4/c1-12(25-13(2)28)11-29-14-4-6-16(7-5-14)31-22-26-20-17(24)10-18(30-15-8-9-15)19(23)21(20)27(22)3/h10,12,14-16H,4-9,11H2,1-3H3,(H,25,28)/t12-,14-,16-/m0/s1. The third-order valence-corrected chi connectivity index (χ3v) is 6.07. The van der Waals surface area contributed by atoms with Crippen LogP contribution in [0.15, 0.2) is 6.07 Å². The van der Waals surface area contributed by atoms with Crippen LogP contribution in [0.4, 0.5) is 4.39 Å². The Morgan fingerprint density at radius 3 is 2.48 bits per heavy atom. The van der Waals surface area contributed by atoms with Crippen molar-refractivity contribution in [2.24, 2.45) is 7.05 Å². The lowest BCUT2D eigenvalue weighted by Crippen LogP contribution is -2.37. The van der Waals surface area contributed by atoms with E-state index < -0.39 is 5.82 Å². The minimum absolute atomic E-state index is 0.0140. The lowest BCUT2D eigenvalue weighted by molar-refractivity contribution is -0.120. The average Bonchev–Trinajstić information content (AvgIpc) is 3.47. The summed E-state index contributed by atoms with van der Waals surface area (Å²) in [7, 11) is 1.77. The fraction of sp³-hybridized carbons (Fsp3) is 0.636. The number of aromatic nitrogens is 2. The maximum absolute atomic E-state index is 14.6. The highest BCUT2D eigenvalue weighted by molar-refractivity contribution is 6.36. The van der Waals surface area contributed by atoms with Crippen molar-refractivity contribution in [2.45, 2.75) is 76.7 Å². The van der Waals surface area contributed by atoms with Crippen molar-refractivity contribution in [3.63, 3.8) is 0 Å². The molecule has 2 fully saturated rings. The summed E-state index contributed by atoms with van der Waals surface area (Å²) in [5.41, 5.74) is 0.672. The molecule has 2 aromatic rings. The molecule has 0 radical (unpaired) electrons. The Balaban J connectivity index is 1.37. The molecule has 1 aromatic heterocycles. The second kappa shape index (κ2) is 9.20. The van der Waals surface area contributed by atoms with Gasteiger partial charge in [0.15, 0.2) is 5.82 Å². The molecule has 0 saturated heterocycles. The predicted molar refractivity (Wildman–Crippen MR) is 115 cm³/mol. The van der Waals surface area contributed by atoms with Gasteiger partial charge in [-0.25, -0.2) is 4.39 Å². The molecular weight excluding hydrogens is 425 g/mol. The Morgan fingerprint density at radius 1 is 1.23 bits per heavy atom. The van der Waals surface area contributed by atoms with Gasteiger partial charge in [0.1, 0.15) is 22.4 Å². The van der Waals surface area contributed by atoms with Crippen molar-refractivity contribution in [1.82, 2.24) is 14.9 Å². The monoisotopic (exact) mass is 453 g/mol. The first-order chi connectivity index (χ1) is 14.8. The van der Waals surface area contributed by atoms with Gasteiger partial charge in [0.25, 0.3) is 6.01 Å². The van der Waals surface area contributed by atoms with Crippen LogP contribution in [0.2, 0.25) is 5.02 Å². The van der Waals surface area contributed by atoms with Crippen molar-refractivity contribution >= 4 is 28.5 Å². The van der Waals surface area contributed by atoms with Gasteiger partial charge in [-0.2, -0.15) is 4.98 Å². The normalized spacial score (nSPS) is 22.4. The van der Waals surface area contributed by atoms with Crippen LogP contribution in [0.5, 0.6) is 11.8 Å². The van der Waals surface area contributed by atoms with Gasteiger partial charge in [-0.05, 0) is 45.4 Å². The van der Waals surface area contributed by atoms with E-state index in [0.717, 1.165) is 38.5 Å². The number of benzene rings is 1. The minimum atomic E-state index is -0.467. The highest BCUT2D eigenvalue weighted by atomic mass is 35.5. The number of amides is 1. The fourth-order valence-electron chi connectivity index (χ4n) is 3.95. The molecule has 2 saturated carbocycles. The zero-order chi connectivity index (χ0) is 22.1. The van der Waals surface area contributed by atoms with Crippen molar-refractivity contribution < 1.29 is 23.4 Å². The van der Waals surface area contributed by atoms with Gasteiger partial charge >= 0.3 is 0 Å². The number of imidazole rings is 1. The molecule has 2 aliphatic carbocycles. The number of nitrogens with zero attached hydrogens (tertiary/aromatic N) is 2. The highest BCUT2D eigenvalue weighted by Gasteiger charge is 2.29. The molecule has 0 unspecified atom stereocenters. The zero-order valence-corrected chi connectivity index (χ0v) is 18.9. The second-order valence-corrected chi connectivity index (χ2v) is 8.97. The zero-order valence-electron chi connectivity index (χ0n) is 18.1. The summed E-state index contributed by atoms with van der Waals surface area (Å²) in [6.45, 7) is 3.91. The van der Waals surface area contributed by atoms with Crippen molar-refractivity contribution in [1.29, 1.82) is 0 Å². The summed E-state index contributed by atoms with van der Waals surface area (Å²) >= 11 is 6.51. The van der Waals surface area contributed by atoms with Gasteiger partial charge in [0.2, 0.25) is 5.91 Å². The van der Waals surface area contributed by atoms with E-state index in [1.807, 2.05) is 6.92 Å². The molecule has 1 N–H and O–H groups in total. The first kappa shape index (κ1) is 22.1. The molecule has 4 rings (SSSR count). The van der Waals surface area contributed by atoms with E-state index >= 15 is 0 Å². The number of ether oxygens (including phenoxy) is 3. The first-order valence-corrected chi connectivity index (χ1v) is 11.3. The summed E-state index contributed by atoms with van der Waals surface area (Å²) in [6, 6.07) is 1.65. The number of hydrogen-bond donors (Lipinski definition) is 1. The van der Waals surface area contributed by atoms with E-state index in [9.17, 15) is 9.18 Å². The fourth-order valence-corrected chi connectivity index (χ4v) is 4.27. The van der Waals surface area contributed by atoms with Crippen molar-refractivity contribution in [3.8, 4) is 11.8 Å². The molecule has 1 atom stereocenters. The third-order valence-electron chi connectivity index (χ3n) is 5.71. The largest absolute Gasteiger partial charge is 0.489 e. The Morgan fingerprint density at radius 2 is 1.84 bits per heavy atom. The van der Waals surface area contributed by atoms with Crippen LogP contribution in [0.3, 0.4) is 0 Å². The smallest absolute Gasteiger partial charge is 0.297 e. The molecule has 9 heteroatoms. The van der Waals surface area contributed by atoms with Crippen LogP contribution in [0.1, 0.15) is 52.4 Å². The number of carbonyl (C=O) groups excluding carboxylic acids is 1. The SMILES string of the molecule is CC(=O)N[C@@H](C)CO[C@H]1CC[C@H](Oc2nc3c(F)cc(OC4CC4)c(Cl)c3n2C)CC1. The summed E-state index contributed by atoms with van der Waals surface area (Å²) in [5, 5.41) is 3.18. The topological polar surface area (TPSA) is 74.6 Å². The summed E-state index contributed by atoms with van der Waals surface area (Å²) in [5.74, 6) is -0.167. The molecule has 0 bridgehead atoms. The van der Waals surface area contributed by atoms with Crippen LogP contribution in [-0.4, -0.2) is 46.4 Å². The Hall–Kier alpha value is -2.06. The van der Waals surface area contributed by atoms with Crippen molar-refractivity contribution in [3.05, 3.63) is 16.9 Å². The van der Waals surface area contributed by atoms with E-state index in [-0.39, 0.29) is 35.8 Å². The molecule has 0 aliphatic heterocycles. The van der Waals surface area contributed by atoms with Crippen molar-refractivity contribution in [2.75, 3.05) is 6.61 Å². The number of hydrogen-bond acceptors (Lipinski definition) is 5.